The van der Waals surface area contributed by atoms with Crippen LogP contribution in [-0.2, 0) is 0 Å². The van der Waals surface area contributed by atoms with Crippen molar-refractivity contribution in [2.24, 2.45) is 0 Å². The van der Waals surface area contributed by atoms with E-state index in [1.165, 1.54) is 0 Å². The summed E-state index contributed by atoms with van der Waals surface area (Å²) in [6.45, 7) is 0. The van der Waals surface area contributed by atoms with E-state index in [1.807, 2.05) is 0 Å². The van der Waals surface area contributed by atoms with Gasteiger partial charge in [0.25, 0.3) is 0 Å². The third kappa shape index (κ3) is 3.51. The maximum atomic E-state index is 10.3. The molecule has 0 saturated heterocycles. The van der Waals surface area contributed by atoms with E-state index in [0.29, 0.717) is 89.7 Å². The van der Waals surface area contributed by atoms with Crippen LogP contribution in [0.5, 0.6) is 23.0 Å². The van der Waals surface area contributed by atoms with Crippen LogP contribution in [0.4, 0.5) is 0 Å². The first kappa shape index (κ1) is 24.1. The number of phenolic OH excluding ortho intramolecular Hbond substituents is 4. The van der Waals surface area contributed by atoms with Crippen molar-refractivity contribution in [3.05, 3.63) is 72.8 Å². The molecule has 0 fully saturated rings. The fourth-order valence-corrected chi connectivity index (χ4v) is 5.75. The average molecular weight is 579 g/mol. The fourth-order valence-electron chi connectivity index (χ4n) is 5.75. The van der Waals surface area contributed by atoms with Gasteiger partial charge in [-0.2, -0.15) is 0 Å². The first-order chi connectivity index (χ1) is 21.4. The van der Waals surface area contributed by atoms with Crippen molar-refractivity contribution in [3.63, 3.8) is 0 Å². The zero-order chi connectivity index (χ0) is 29.7. The smallest absolute Gasteiger partial charge is 0.164 e. The van der Waals surface area contributed by atoms with E-state index in [4.69, 9.17) is 29.9 Å². The molecule has 7 aromatic rings. The third-order valence-electron chi connectivity index (χ3n) is 7.76. The highest BCUT2D eigenvalue weighted by atomic mass is 16.3. The Balaban J connectivity index is 1.51. The van der Waals surface area contributed by atoms with Crippen molar-refractivity contribution < 1.29 is 20.4 Å². The highest BCUT2D eigenvalue weighted by Gasteiger charge is 2.23. The summed E-state index contributed by atoms with van der Waals surface area (Å²) in [6.07, 6.45) is 0. The molecule has 210 valence electrons. The van der Waals surface area contributed by atoms with Gasteiger partial charge in [-0.1, -0.05) is 0 Å². The van der Waals surface area contributed by atoms with E-state index in [9.17, 15) is 20.4 Å². The van der Waals surface area contributed by atoms with Crippen LogP contribution in [0.2, 0.25) is 0 Å². The molecule has 3 aromatic heterocycles. The standard InChI is InChI=1S/C32H18N8O4/c41-13-1-5-17-21(9-13)29-34-25(17)33-26-18-6-2-15(43)11-23(18)31(35-26)40-32-24-12-16(44)4-8-20(24)28(39-32)38-30-22-10-14(42)3-7-19(22)27(36-29)37-30/h1-12,41-44H,(H2,33,34,35,36,37,38,39,40). The fraction of sp³-hybridized carbons (Fsp3) is 0. The minimum atomic E-state index is 0.0401. The summed E-state index contributed by atoms with van der Waals surface area (Å²) < 4.78 is 0. The molecule has 2 aliphatic rings. The number of aromatic hydroxyl groups is 4. The van der Waals surface area contributed by atoms with Crippen molar-refractivity contribution in [2.45, 2.75) is 0 Å². The Hall–Kier alpha value is -6.56. The summed E-state index contributed by atoms with van der Waals surface area (Å²) in [6, 6.07) is 19.5. The molecule has 12 heteroatoms. The maximum absolute atomic E-state index is 10.3. The van der Waals surface area contributed by atoms with E-state index in [1.54, 1.807) is 72.8 Å². The second-order valence-electron chi connectivity index (χ2n) is 10.5. The number of rotatable bonds is 0. The Morgan fingerprint density at radius 1 is 0.341 bits per heavy atom. The molecule has 9 rings (SSSR count). The molecule has 12 nitrogen and oxygen atoms in total. The van der Waals surface area contributed by atoms with Crippen molar-refractivity contribution in [3.8, 4) is 68.5 Å². The number of aromatic amines is 2. The quantitative estimate of drug-likeness (QED) is 0.130. The van der Waals surface area contributed by atoms with Gasteiger partial charge in [-0.25, -0.2) is 29.9 Å². The van der Waals surface area contributed by atoms with Gasteiger partial charge in [-0.3, -0.25) is 0 Å². The van der Waals surface area contributed by atoms with Crippen molar-refractivity contribution in [1.82, 2.24) is 39.9 Å². The van der Waals surface area contributed by atoms with Crippen LogP contribution in [0.25, 0.3) is 89.7 Å². The lowest BCUT2D eigenvalue weighted by Crippen LogP contribution is -1.83. The minimum absolute atomic E-state index is 0.0401. The van der Waals surface area contributed by atoms with E-state index >= 15 is 0 Å². The maximum Gasteiger partial charge on any atom is 0.164 e. The molecule has 5 heterocycles. The van der Waals surface area contributed by atoms with Gasteiger partial charge in [0.1, 0.15) is 45.6 Å². The van der Waals surface area contributed by atoms with Crippen LogP contribution in [0, 0.1) is 0 Å². The largest absolute Gasteiger partial charge is 0.508 e. The van der Waals surface area contributed by atoms with Crippen LogP contribution in [-0.4, -0.2) is 60.3 Å². The Labute approximate surface area is 245 Å². The molecule has 0 radical (unpaired) electrons. The summed E-state index contributed by atoms with van der Waals surface area (Å²) in [5.41, 5.74) is 4.09. The predicted octanol–water partition coefficient (Wildman–Crippen LogP) is 5.69. The molecule has 0 unspecified atom stereocenters. The first-order valence-corrected chi connectivity index (χ1v) is 13.5. The molecular weight excluding hydrogens is 560 g/mol. The number of hydrogen-bond donors (Lipinski definition) is 6. The number of hydrogen-bond acceptors (Lipinski definition) is 10. The van der Waals surface area contributed by atoms with E-state index in [-0.39, 0.29) is 23.0 Å². The molecular formula is C32H18N8O4. The summed E-state index contributed by atoms with van der Waals surface area (Å²) in [4.78, 5) is 35.4. The molecule has 0 amide bonds. The van der Waals surface area contributed by atoms with Crippen LogP contribution in [0.15, 0.2) is 72.8 Å². The van der Waals surface area contributed by atoms with Gasteiger partial charge < -0.3 is 30.4 Å². The number of benzene rings is 4. The van der Waals surface area contributed by atoms with Crippen molar-refractivity contribution in [1.29, 1.82) is 0 Å². The molecule has 4 aromatic carbocycles. The lowest BCUT2D eigenvalue weighted by Gasteiger charge is -1.99. The van der Waals surface area contributed by atoms with Crippen LogP contribution < -0.4 is 0 Å². The molecule has 0 atom stereocenters. The molecule has 6 N–H and O–H groups in total. The number of phenols is 4. The predicted molar refractivity (Wildman–Crippen MR) is 163 cm³/mol. The number of H-pyrrole nitrogens is 2. The Morgan fingerprint density at radius 2 is 0.682 bits per heavy atom. The van der Waals surface area contributed by atoms with E-state index < -0.39 is 0 Å². The lowest BCUT2D eigenvalue weighted by molar-refractivity contribution is 0.475. The molecule has 2 aliphatic heterocycles. The second-order valence-corrected chi connectivity index (χ2v) is 10.5. The summed E-state index contributed by atoms with van der Waals surface area (Å²) in [7, 11) is 0. The van der Waals surface area contributed by atoms with E-state index in [2.05, 4.69) is 9.97 Å². The highest BCUT2D eigenvalue weighted by molar-refractivity contribution is 6.07. The van der Waals surface area contributed by atoms with Gasteiger partial charge in [0.2, 0.25) is 0 Å². The van der Waals surface area contributed by atoms with Gasteiger partial charge in [-0.05, 0) is 72.8 Å². The normalized spacial score (nSPS) is 12.0. The zero-order valence-electron chi connectivity index (χ0n) is 22.4. The van der Waals surface area contributed by atoms with Gasteiger partial charge in [-0.15, -0.1) is 0 Å². The first-order valence-electron chi connectivity index (χ1n) is 13.5. The number of nitrogens with zero attached hydrogens (tertiary/aromatic N) is 6. The monoisotopic (exact) mass is 578 g/mol. The molecule has 0 saturated carbocycles. The number of fused-ring (bicyclic) bond motifs is 20. The Kier molecular flexibility index (Phi) is 4.64. The molecule has 0 spiro atoms. The molecule has 44 heavy (non-hydrogen) atoms. The summed E-state index contributed by atoms with van der Waals surface area (Å²) in [5, 5.41) is 43.9. The Bertz CT molecular complexity index is 2570. The van der Waals surface area contributed by atoms with Gasteiger partial charge in [0.05, 0.1) is 0 Å². The number of aromatic nitrogens is 8. The van der Waals surface area contributed by atoms with Crippen molar-refractivity contribution >= 4 is 44.1 Å². The zero-order valence-corrected chi connectivity index (χ0v) is 22.4. The van der Waals surface area contributed by atoms with Gasteiger partial charge in [0.15, 0.2) is 23.3 Å². The average Bonchev–Trinajstić information content (AvgIpc) is 3.71. The highest BCUT2D eigenvalue weighted by Crippen LogP contribution is 2.39. The van der Waals surface area contributed by atoms with E-state index in [0.717, 1.165) is 0 Å². The Morgan fingerprint density at radius 3 is 1.11 bits per heavy atom. The second kappa shape index (κ2) is 8.49. The SMILES string of the molecule is Oc1ccc2c(c1)-c1nc-2nc2[nH]c(nc3nc(nc4[nH]c(n1)c1ccc(O)cc41)-c1cc(O)ccc1-3)c1ccc(O)cc21. The summed E-state index contributed by atoms with van der Waals surface area (Å²) >= 11 is 0. The minimum Gasteiger partial charge on any atom is -0.508 e. The molecule has 8 bridgehead atoms. The lowest BCUT2D eigenvalue weighted by atomic mass is 10.1. The van der Waals surface area contributed by atoms with Crippen LogP contribution in [0.1, 0.15) is 0 Å². The van der Waals surface area contributed by atoms with Crippen LogP contribution >= 0.6 is 0 Å². The van der Waals surface area contributed by atoms with Gasteiger partial charge >= 0.3 is 0 Å². The van der Waals surface area contributed by atoms with Crippen LogP contribution in [0.3, 0.4) is 0 Å². The van der Waals surface area contributed by atoms with Gasteiger partial charge in [0, 0.05) is 43.8 Å². The molecule has 0 aliphatic carbocycles. The summed E-state index contributed by atoms with van der Waals surface area (Å²) in [5.74, 6) is 1.48. The third-order valence-corrected chi connectivity index (χ3v) is 7.76. The topological polar surface area (TPSA) is 190 Å². The number of nitrogens with one attached hydrogen (secondary N) is 2. The van der Waals surface area contributed by atoms with Crippen molar-refractivity contribution in [2.75, 3.05) is 0 Å².